The minimum Gasteiger partial charge on any atom is -0.335 e. The van der Waals surface area contributed by atoms with E-state index in [4.69, 9.17) is 4.84 Å². The van der Waals surface area contributed by atoms with Gasteiger partial charge < -0.3 is 4.84 Å². The first-order chi connectivity index (χ1) is 4.93. The van der Waals surface area contributed by atoms with Crippen molar-refractivity contribution in [1.82, 2.24) is 9.97 Å². The third-order valence-electron chi connectivity index (χ3n) is 0.770. The highest BCUT2D eigenvalue weighted by Crippen LogP contribution is 1.99. The van der Waals surface area contributed by atoms with Crippen molar-refractivity contribution in [1.29, 1.82) is 0 Å². The van der Waals surface area contributed by atoms with Crippen LogP contribution < -0.4 is 4.84 Å². The van der Waals surface area contributed by atoms with E-state index in [9.17, 15) is 0 Å². The van der Waals surface area contributed by atoms with Gasteiger partial charge >= 0.3 is 0 Å². The SMILES string of the molecule is C[C]=NOc1cnccn1. The highest BCUT2D eigenvalue weighted by atomic mass is 16.6. The molecule has 51 valence electrons. The first-order valence-electron chi connectivity index (χ1n) is 2.73. The summed E-state index contributed by atoms with van der Waals surface area (Å²) >= 11 is 0. The van der Waals surface area contributed by atoms with Crippen molar-refractivity contribution in [3.8, 4) is 5.88 Å². The van der Waals surface area contributed by atoms with E-state index in [0.29, 0.717) is 5.88 Å². The monoisotopic (exact) mass is 136 g/mol. The van der Waals surface area contributed by atoms with E-state index in [0.717, 1.165) is 0 Å². The summed E-state index contributed by atoms with van der Waals surface area (Å²) in [6.45, 7) is 1.64. The summed E-state index contributed by atoms with van der Waals surface area (Å²) in [5.41, 5.74) is 0. The minimum atomic E-state index is 0.372. The van der Waals surface area contributed by atoms with Gasteiger partial charge in [-0.25, -0.2) is 4.98 Å². The van der Waals surface area contributed by atoms with Gasteiger partial charge in [-0.05, 0) is 6.92 Å². The summed E-state index contributed by atoms with van der Waals surface area (Å²) < 4.78 is 0. The standard InChI is InChI=1S/C6H6N3O/c1-2-9-10-6-5-7-3-4-8-6/h3-5H,1H3. The van der Waals surface area contributed by atoms with Crippen LogP contribution in [-0.2, 0) is 0 Å². The molecule has 0 aliphatic rings. The Kier molecular flexibility index (Phi) is 2.37. The van der Waals surface area contributed by atoms with Crippen LogP contribution in [0.2, 0.25) is 0 Å². The third-order valence-corrected chi connectivity index (χ3v) is 0.770. The lowest BCUT2D eigenvalue weighted by Gasteiger charge is -1.91. The molecule has 0 aliphatic heterocycles. The summed E-state index contributed by atoms with van der Waals surface area (Å²) in [5, 5.41) is 3.39. The lowest BCUT2D eigenvalue weighted by Crippen LogP contribution is -1.86. The molecular formula is C6H6N3O. The topological polar surface area (TPSA) is 47.4 Å². The van der Waals surface area contributed by atoms with Crippen molar-refractivity contribution in [2.45, 2.75) is 6.92 Å². The van der Waals surface area contributed by atoms with Gasteiger partial charge in [0.25, 0.3) is 5.88 Å². The van der Waals surface area contributed by atoms with Gasteiger partial charge in [-0.3, -0.25) is 4.98 Å². The molecule has 0 saturated heterocycles. The highest BCUT2D eigenvalue weighted by molar-refractivity contribution is 5.52. The van der Waals surface area contributed by atoms with Gasteiger partial charge in [-0.2, -0.15) is 0 Å². The molecule has 4 heteroatoms. The van der Waals surface area contributed by atoms with Crippen LogP contribution in [0, 0.1) is 0 Å². The van der Waals surface area contributed by atoms with Gasteiger partial charge in [0, 0.05) is 12.4 Å². The normalized spacial score (nSPS) is 10.1. The Bertz CT molecular complexity index is 209. The molecule has 0 saturated carbocycles. The van der Waals surface area contributed by atoms with Crippen molar-refractivity contribution in [2.24, 2.45) is 5.16 Å². The highest BCUT2D eigenvalue weighted by Gasteiger charge is 1.88. The summed E-state index contributed by atoms with van der Waals surface area (Å²) in [4.78, 5) is 12.3. The van der Waals surface area contributed by atoms with Gasteiger partial charge in [-0.1, -0.05) is 5.16 Å². The van der Waals surface area contributed by atoms with Gasteiger partial charge in [0.2, 0.25) is 0 Å². The van der Waals surface area contributed by atoms with Crippen LogP contribution in [0.15, 0.2) is 23.7 Å². The van der Waals surface area contributed by atoms with Crippen LogP contribution >= 0.6 is 0 Å². The quantitative estimate of drug-likeness (QED) is 0.445. The van der Waals surface area contributed by atoms with Gasteiger partial charge in [0.15, 0.2) is 0 Å². The molecule has 0 aromatic carbocycles. The molecular weight excluding hydrogens is 130 g/mol. The predicted molar refractivity (Wildman–Crippen MR) is 35.8 cm³/mol. The number of nitrogens with zero attached hydrogens (tertiary/aromatic N) is 3. The maximum absolute atomic E-state index is 4.70. The lowest BCUT2D eigenvalue weighted by molar-refractivity contribution is 0.328. The first kappa shape index (κ1) is 6.67. The second kappa shape index (κ2) is 3.55. The van der Waals surface area contributed by atoms with Crippen molar-refractivity contribution in [2.75, 3.05) is 0 Å². The molecule has 0 aliphatic carbocycles. The summed E-state index contributed by atoms with van der Waals surface area (Å²) in [5.74, 6) is 0.372. The van der Waals surface area contributed by atoms with Crippen LogP contribution in [-0.4, -0.2) is 16.2 Å². The molecule has 0 amide bonds. The molecule has 0 N–H and O–H groups in total. The molecule has 0 fully saturated rings. The molecule has 4 nitrogen and oxygen atoms in total. The Morgan fingerprint density at radius 3 is 3.10 bits per heavy atom. The average molecular weight is 136 g/mol. The average Bonchev–Trinajstić information content (AvgIpc) is 2.03. The molecule has 1 rings (SSSR count). The molecule has 1 radical (unpaired) electrons. The summed E-state index contributed by atoms with van der Waals surface area (Å²) in [6.07, 6.45) is 7.01. The van der Waals surface area contributed by atoms with Gasteiger partial charge in [0.1, 0.15) is 6.21 Å². The van der Waals surface area contributed by atoms with E-state index >= 15 is 0 Å². The Hall–Kier alpha value is -1.45. The second-order valence-electron chi connectivity index (χ2n) is 1.45. The summed E-state index contributed by atoms with van der Waals surface area (Å²) in [7, 11) is 0. The Morgan fingerprint density at radius 1 is 1.60 bits per heavy atom. The largest absolute Gasteiger partial charge is 0.335 e. The first-order valence-corrected chi connectivity index (χ1v) is 2.73. The molecule has 0 spiro atoms. The van der Waals surface area contributed by atoms with Crippen molar-refractivity contribution < 1.29 is 4.84 Å². The maximum atomic E-state index is 4.70. The molecule has 0 bridgehead atoms. The van der Waals surface area contributed by atoms with Crippen LogP contribution in [0.25, 0.3) is 0 Å². The fourth-order valence-corrected chi connectivity index (χ4v) is 0.425. The summed E-state index contributed by atoms with van der Waals surface area (Å²) in [6, 6.07) is 0. The zero-order chi connectivity index (χ0) is 7.23. The minimum absolute atomic E-state index is 0.372. The Balaban J connectivity index is 2.59. The second-order valence-corrected chi connectivity index (χ2v) is 1.45. The smallest absolute Gasteiger partial charge is 0.267 e. The maximum Gasteiger partial charge on any atom is 0.267 e. The third kappa shape index (κ3) is 1.81. The van der Waals surface area contributed by atoms with Gasteiger partial charge in [0.05, 0.1) is 6.20 Å². The molecule has 0 unspecified atom stereocenters. The number of rotatable bonds is 2. The van der Waals surface area contributed by atoms with Crippen molar-refractivity contribution >= 4 is 6.21 Å². The Labute approximate surface area is 58.6 Å². The zero-order valence-electron chi connectivity index (χ0n) is 5.48. The van der Waals surface area contributed by atoms with E-state index in [-0.39, 0.29) is 0 Å². The molecule has 10 heavy (non-hydrogen) atoms. The fourth-order valence-electron chi connectivity index (χ4n) is 0.425. The zero-order valence-corrected chi connectivity index (χ0v) is 5.48. The lowest BCUT2D eigenvalue weighted by atomic mass is 10.7. The molecule has 1 heterocycles. The van der Waals surface area contributed by atoms with E-state index in [1.54, 1.807) is 13.1 Å². The predicted octanol–water partition coefficient (Wildman–Crippen LogP) is 0.738. The van der Waals surface area contributed by atoms with Crippen molar-refractivity contribution in [3.05, 3.63) is 18.6 Å². The number of aromatic nitrogens is 2. The van der Waals surface area contributed by atoms with Crippen molar-refractivity contribution in [3.63, 3.8) is 0 Å². The molecule has 1 aromatic heterocycles. The van der Waals surface area contributed by atoms with Crippen LogP contribution in [0.3, 0.4) is 0 Å². The number of hydrogen-bond acceptors (Lipinski definition) is 4. The molecule has 0 atom stereocenters. The van der Waals surface area contributed by atoms with E-state index < -0.39 is 0 Å². The fraction of sp³-hybridized carbons (Fsp3) is 0.167. The van der Waals surface area contributed by atoms with E-state index in [1.165, 1.54) is 12.4 Å². The van der Waals surface area contributed by atoms with Gasteiger partial charge in [-0.15, -0.1) is 0 Å². The number of hydrogen-bond donors (Lipinski definition) is 0. The van der Waals surface area contributed by atoms with Crippen LogP contribution in [0.4, 0.5) is 0 Å². The van der Waals surface area contributed by atoms with Crippen LogP contribution in [0.5, 0.6) is 5.88 Å². The van der Waals surface area contributed by atoms with E-state index in [1.807, 2.05) is 0 Å². The van der Waals surface area contributed by atoms with Crippen LogP contribution in [0.1, 0.15) is 6.92 Å². The molecule has 1 aromatic rings. The Morgan fingerprint density at radius 2 is 2.50 bits per heavy atom. The van der Waals surface area contributed by atoms with E-state index in [2.05, 4.69) is 21.3 Å².